The molecule has 206 valence electrons. The predicted octanol–water partition coefficient (Wildman–Crippen LogP) is 3.05. The monoisotopic (exact) mass is 540 g/mol. The van der Waals surface area contributed by atoms with Crippen LogP contribution in [0, 0.1) is 0 Å². The fourth-order valence-corrected chi connectivity index (χ4v) is 3.26. The highest BCUT2D eigenvalue weighted by atomic mass is 31.2. The van der Waals surface area contributed by atoms with E-state index in [-0.39, 0.29) is 6.61 Å². The lowest BCUT2D eigenvalue weighted by Gasteiger charge is -2.24. The van der Waals surface area contributed by atoms with Crippen LogP contribution in [0.5, 0.6) is 0 Å². The Morgan fingerprint density at radius 3 is 1.92 bits per heavy atom. The van der Waals surface area contributed by atoms with E-state index in [1.54, 1.807) is 41.5 Å². The molecule has 0 spiro atoms. The molecule has 1 aromatic rings. The van der Waals surface area contributed by atoms with E-state index >= 15 is 0 Å². The number of nitrogens with one attached hydrogen (secondary N) is 1. The van der Waals surface area contributed by atoms with Crippen LogP contribution in [-0.2, 0) is 41.8 Å². The van der Waals surface area contributed by atoms with E-state index in [4.69, 9.17) is 27.8 Å². The first-order chi connectivity index (χ1) is 16.8. The van der Waals surface area contributed by atoms with Crippen molar-refractivity contribution in [3.05, 3.63) is 33.1 Å². The lowest BCUT2D eigenvalue weighted by atomic mass is 10.3. The lowest BCUT2D eigenvalue weighted by Crippen LogP contribution is -2.33. The molecule has 0 amide bonds. The quantitative estimate of drug-likeness (QED) is 0.195. The number of carbonyl (C=O) groups is 2. The van der Waals surface area contributed by atoms with Crippen molar-refractivity contribution in [2.75, 3.05) is 20.2 Å². The molecular formula is C20H33N2O13P. The highest BCUT2D eigenvalue weighted by molar-refractivity contribution is 7.48. The van der Waals surface area contributed by atoms with Gasteiger partial charge in [-0.15, -0.1) is 0 Å². The smallest absolute Gasteiger partial charge is 0.432 e. The number of phosphoric ester groups is 1. The minimum absolute atomic E-state index is 0.344. The summed E-state index contributed by atoms with van der Waals surface area (Å²) in [5.74, 6) is 0. The molecule has 0 saturated carbocycles. The van der Waals surface area contributed by atoms with E-state index in [1.807, 2.05) is 0 Å². The Balaban J connectivity index is 2.78. The second-order valence-electron chi connectivity index (χ2n) is 7.64. The summed E-state index contributed by atoms with van der Waals surface area (Å²) in [5.41, 5.74) is -1.24. The molecule has 0 saturated heterocycles. The molecule has 0 radical (unpaired) electrons. The predicted molar refractivity (Wildman–Crippen MR) is 122 cm³/mol. The van der Waals surface area contributed by atoms with Crippen LogP contribution in [0.4, 0.5) is 9.59 Å². The standard InChI is InChI=1S/C20H33N2O13P/c1-7-16(35-15(6)22-9-8-17(23)21-18(22)24)10-30-36(27,31-11-28-19(25)33-13(2)3)32-12-29-20(26)34-14(4)5/h8-9,13-16H,7,10-12H2,1-6H3,(H,21,23,24). The van der Waals surface area contributed by atoms with Crippen LogP contribution in [0.2, 0.25) is 0 Å². The van der Waals surface area contributed by atoms with Gasteiger partial charge in [-0.2, -0.15) is 0 Å². The molecular weight excluding hydrogens is 507 g/mol. The van der Waals surface area contributed by atoms with Gasteiger partial charge in [0.05, 0.1) is 24.9 Å². The van der Waals surface area contributed by atoms with Crippen molar-refractivity contribution in [2.45, 2.75) is 72.5 Å². The number of nitrogens with zero attached hydrogens (tertiary/aromatic N) is 1. The fourth-order valence-electron chi connectivity index (χ4n) is 2.33. The second-order valence-corrected chi connectivity index (χ2v) is 9.31. The number of rotatable bonds is 15. The van der Waals surface area contributed by atoms with Gasteiger partial charge in [0.25, 0.3) is 5.56 Å². The summed E-state index contributed by atoms with van der Waals surface area (Å²) in [6.45, 7) is 7.60. The maximum atomic E-state index is 13.0. The maximum Gasteiger partial charge on any atom is 0.510 e. The molecule has 1 aromatic heterocycles. The van der Waals surface area contributed by atoms with Crippen LogP contribution in [0.15, 0.2) is 21.9 Å². The van der Waals surface area contributed by atoms with Gasteiger partial charge in [-0.1, -0.05) is 6.92 Å². The summed E-state index contributed by atoms with van der Waals surface area (Å²) in [7, 11) is -4.46. The van der Waals surface area contributed by atoms with Gasteiger partial charge in [0.15, 0.2) is 0 Å². The molecule has 0 aliphatic heterocycles. The Labute approximate surface area is 207 Å². The summed E-state index contributed by atoms with van der Waals surface area (Å²) in [4.78, 5) is 48.3. The zero-order valence-electron chi connectivity index (χ0n) is 21.0. The fraction of sp³-hybridized carbons (Fsp3) is 0.700. The largest absolute Gasteiger partial charge is 0.510 e. The number of aromatic nitrogens is 2. The third kappa shape index (κ3) is 12.3. The van der Waals surface area contributed by atoms with Gasteiger partial charge >= 0.3 is 25.8 Å². The van der Waals surface area contributed by atoms with Gasteiger partial charge in [0, 0.05) is 12.3 Å². The maximum absolute atomic E-state index is 13.0. The first kappa shape index (κ1) is 31.3. The number of hydrogen-bond donors (Lipinski definition) is 1. The Morgan fingerprint density at radius 2 is 1.47 bits per heavy atom. The van der Waals surface area contributed by atoms with Crippen LogP contribution in [0.25, 0.3) is 0 Å². The van der Waals surface area contributed by atoms with Crippen LogP contribution in [-0.4, -0.2) is 60.4 Å². The van der Waals surface area contributed by atoms with Gasteiger partial charge in [0.2, 0.25) is 13.6 Å². The lowest BCUT2D eigenvalue weighted by molar-refractivity contribution is -0.0799. The Morgan fingerprint density at radius 1 is 0.944 bits per heavy atom. The number of carbonyl (C=O) groups excluding carboxylic acids is 2. The van der Waals surface area contributed by atoms with Crippen LogP contribution in [0.3, 0.4) is 0 Å². The van der Waals surface area contributed by atoms with E-state index in [0.717, 1.165) is 10.6 Å². The van der Waals surface area contributed by atoms with Gasteiger partial charge in [-0.3, -0.25) is 18.9 Å². The van der Waals surface area contributed by atoms with E-state index in [0.29, 0.717) is 6.42 Å². The normalized spacial score (nSPS) is 13.3. The molecule has 15 nitrogen and oxygen atoms in total. The second kappa shape index (κ2) is 15.4. The summed E-state index contributed by atoms with van der Waals surface area (Å²) >= 11 is 0. The van der Waals surface area contributed by atoms with Gasteiger partial charge in [0.1, 0.15) is 6.23 Å². The third-order valence-electron chi connectivity index (χ3n) is 3.95. The average molecular weight is 540 g/mol. The molecule has 2 unspecified atom stereocenters. The van der Waals surface area contributed by atoms with E-state index in [1.165, 1.54) is 6.20 Å². The summed E-state index contributed by atoms with van der Waals surface area (Å²) in [6, 6.07) is 1.16. The average Bonchev–Trinajstić information content (AvgIpc) is 2.75. The van der Waals surface area contributed by atoms with Crippen molar-refractivity contribution >= 4 is 20.1 Å². The minimum Gasteiger partial charge on any atom is -0.432 e. The Kier molecular flexibility index (Phi) is 13.4. The van der Waals surface area contributed by atoms with Crippen LogP contribution in [0.1, 0.15) is 54.2 Å². The molecule has 1 heterocycles. The van der Waals surface area contributed by atoms with Crippen molar-refractivity contribution in [3.63, 3.8) is 0 Å². The highest BCUT2D eigenvalue weighted by Gasteiger charge is 2.31. The first-order valence-corrected chi connectivity index (χ1v) is 12.5. The number of H-pyrrole nitrogens is 1. The molecule has 0 aliphatic rings. The van der Waals surface area contributed by atoms with E-state index in [9.17, 15) is 23.7 Å². The van der Waals surface area contributed by atoms with Crippen LogP contribution < -0.4 is 11.2 Å². The van der Waals surface area contributed by atoms with Crippen molar-refractivity contribution in [2.24, 2.45) is 0 Å². The third-order valence-corrected chi connectivity index (χ3v) is 5.25. The Hall–Kier alpha value is -2.71. The molecule has 0 bridgehead atoms. The van der Waals surface area contributed by atoms with E-state index in [2.05, 4.69) is 14.5 Å². The number of hydrogen-bond acceptors (Lipinski definition) is 13. The van der Waals surface area contributed by atoms with Crippen molar-refractivity contribution < 1.29 is 51.4 Å². The minimum atomic E-state index is -4.46. The summed E-state index contributed by atoms with van der Waals surface area (Å²) < 4.78 is 53.9. The van der Waals surface area contributed by atoms with Crippen molar-refractivity contribution in [1.82, 2.24) is 9.55 Å². The first-order valence-electron chi connectivity index (χ1n) is 11.0. The molecule has 36 heavy (non-hydrogen) atoms. The zero-order chi connectivity index (χ0) is 27.3. The van der Waals surface area contributed by atoms with Gasteiger partial charge < -0.3 is 23.7 Å². The van der Waals surface area contributed by atoms with Crippen LogP contribution >= 0.6 is 7.82 Å². The highest BCUT2D eigenvalue weighted by Crippen LogP contribution is 2.49. The SMILES string of the molecule is CCC(COP(=O)(OCOC(=O)OC(C)C)OCOC(=O)OC(C)C)OC(C)n1ccc(=O)[nH]c1=O. The molecule has 1 N–H and O–H groups in total. The molecule has 0 fully saturated rings. The molecule has 0 aliphatic carbocycles. The molecule has 1 rings (SSSR count). The van der Waals surface area contributed by atoms with Gasteiger partial charge in [-0.25, -0.2) is 28.0 Å². The topological polar surface area (TPSA) is 180 Å². The Bertz CT molecular complexity index is 958. The van der Waals surface area contributed by atoms with E-state index < -0.39 is 69.5 Å². The molecule has 16 heteroatoms. The molecule has 0 aromatic carbocycles. The zero-order valence-corrected chi connectivity index (χ0v) is 21.9. The number of aromatic amines is 1. The van der Waals surface area contributed by atoms with Gasteiger partial charge in [-0.05, 0) is 41.0 Å². The summed E-state index contributed by atoms with van der Waals surface area (Å²) in [6.07, 6.45) is -3.03. The number of phosphoric acid groups is 1. The number of ether oxygens (including phenoxy) is 5. The molecule has 2 atom stereocenters. The van der Waals surface area contributed by atoms with Crippen molar-refractivity contribution in [3.8, 4) is 0 Å². The van der Waals surface area contributed by atoms with Crippen molar-refractivity contribution in [1.29, 1.82) is 0 Å². The summed E-state index contributed by atoms with van der Waals surface area (Å²) in [5, 5.41) is 0.